The quantitative estimate of drug-likeness (QED) is 0.732. The van der Waals surface area contributed by atoms with Crippen molar-refractivity contribution in [3.8, 4) is 0 Å². The Labute approximate surface area is 143 Å². The molecular formula is C16H22Br2N2O. The van der Waals surface area contributed by atoms with Crippen LogP contribution in [0.15, 0.2) is 27.1 Å². The van der Waals surface area contributed by atoms with Gasteiger partial charge in [0.15, 0.2) is 0 Å². The molecule has 1 aliphatic heterocycles. The number of nitrogens with one attached hydrogen (secondary N) is 1. The Morgan fingerprint density at radius 1 is 1.24 bits per heavy atom. The molecule has 1 aromatic carbocycles. The largest absolute Gasteiger partial charge is 0.352 e. The summed E-state index contributed by atoms with van der Waals surface area (Å²) in [7, 11) is 0. The van der Waals surface area contributed by atoms with Crippen molar-refractivity contribution < 1.29 is 4.79 Å². The molecule has 2 rings (SSSR count). The van der Waals surface area contributed by atoms with Gasteiger partial charge in [0.1, 0.15) is 0 Å². The highest BCUT2D eigenvalue weighted by Gasteiger charge is 2.15. The lowest BCUT2D eigenvalue weighted by Crippen LogP contribution is -2.35. The van der Waals surface area contributed by atoms with E-state index in [-0.39, 0.29) is 5.91 Å². The number of piperidine rings is 1. The topological polar surface area (TPSA) is 32.3 Å². The van der Waals surface area contributed by atoms with Gasteiger partial charge in [0.25, 0.3) is 5.91 Å². The van der Waals surface area contributed by atoms with E-state index in [0.29, 0.717) is 5.56 Å². The average molecular weight is 418 g/mol. The lowest BCUT2D eigenvalue weighted by Gasteiger charge is -2.30. The van der Waals surface area contributed by atoms with Crippen LogP contribution >= 0.6 is 31.9 Å². The summed E-state index contributed by atoms with van der Waals surface area (Å²) in [6.45, 7) is 6.54. The Hall–Kier alpha value is -0.390. The van der Waals surface area contributed by atoms with Crippen LogP contribution in [0.4, 0.5) is 0 Å². The molecule has 116 valence electrons. The molecule has 21 heavy (non-hydrogen) atoms. The van der Waals surface area contributed by atoms with Crippen LogP contribution in [0.1, 0.15) is 36.5 Å². The summed E-state index contributed by atoms with van der Waals surface area (Å²) in [6.07, 6.45) is 3.62. The van der Waals surface area contributed by atoms with Crippen molar-refractivity contribution in [1.29, 1.82) is 0 Å². The molecule has 0 bridgehead atoms. The third-order valence-corrected chi connectivity index (χ3v) is 4.85. The number of carbonyl (C=O) groups is 1. The number of rotatable bonds is 5. The minimum Gasteiger partial charge on any atom is -0.352 e. The number of nitrogens with zero attached hydrogens (tertiary/aromatic N) is 1. The fourth-order valence-corrected chi connectivity index (χ4v) is 3.87. The molecule has 0 atom stereocenters. The highest BCUT2D eigenvalue weighted by Crippen LogP contribution is 2.20. The maximum atomic E-state index is 12.1. The third-order valence-electron chi connectivity index (χ3n) is 3.94. The van der Waals surface area contributed by atoms with Crippen molar-refractivity contribution in [2.45, 2.75) is 26.2 Å². The maximum absolute atomic E-state index is 12.1. The SMILES string of the molecule is CC1CCN(CCCNC(=O)c2cc(Br)cc(Br)c2)CC1. The number of likely N-dealkylation sites (tertiary alicyclic amines) is 1. The second kappa shape index (κ2) is 8.30. The van der Waals surface area contributed by atoms with Gasteiger partial charge in [0.05, 0.1) is 0 Å². The van der Waals surface area contributed by atoms with E-state index in [1.165, 1.54) is 25.9 Å². The van der Waals surface area contributed by atoms with Crippen LogP contribution in [-0.4, -0.2) is 37.0 Å². The van der Waals surface area contributed by atoms with Crippen LogP contribution in [0.5, 0.6) is 0 Å². The minimum absolute atomic E-state index is 0.00994. The molecule has 1 aromatic rings. The first-order valence-corrected chi connectivity index (χ1v) is 9.10. The molecule has 3 nitrogen and oxygen atoms in total. The summed E-state index contributed by atoms with van der Waals surface area (Å²) in [4.78, 5) is 14.6. The molecule has 1 aliphatic rings. The molecule has 0 saturated carbocycles. The van der Waals surface area contributed by atoms with Crippen LogP contribution in [0, 0.1) is 5.92 Å². The molecule has 1 fully saturated rings. The van der Waals surface area contributed by atoms with E-state index in [0.717, 1.165) is 34.4 Å². The predicted octanol–water partition coefficient (Wildman–Crippen LogP) is 4.06. The van der Waals surface area contributed by atoms with Crippen LogP contribution in [0.3, 0.4) is 0 Å². The monoisotopic (exact) mass is 416 g/mol. The molecule has 0 spiro atoms. The van der Waals surface area contributed by atoms with Gasteiger partial charge in [-0.25, -0.2) is 0 Å². The van der Waals surface area contributed by atoms with Gasteiger partial charge in [-0.1, -0.05) is 38.8 Å². The van der Waals surface area contributed by atoms with Crippen molar-refractivity contribution in [1.82, 2.24) is 10.2 Å². The van der Waals surface area contributed by atoms with Gasteiger partial charge in [-0.05, 0) is 63.0 Å². The summed E-state index contributed by atoms with van der Waals surface area (Å²) in [6, 6.07) is 5.60. The predicted molar refractivity (Wildman–Crippen MR) is 93.6 cm³/mol. The van der Waals surface area contributed by atoms with Crippen molar-refractivity contribution in [2.75, 3.05) is 26.2 Å². The number of amides is 1. The average Bonchev–Trinajstić information content (AvgIpc) is 2.44. The summed E-state index contributed by atoms with van der Waals surface area (Å²) in [5.74, 6) is 0.861. The Balaban J connectivity index is 1.69. The van der Waals surface area contributed by atoms with E-state index in [9.17, 15) is 4.79 Å². The van der Waals surface area contributed by atoms with E-state index in [1.807, 2.05) is 18.2 Å². The Morgan fingerprint density at radius 2 is 1.86 bits per heavy atom. The zero-order valence-corrected chi connectivity index (χ0v) is 15.5. The van der Waals surface area contributed by atoms with Gasteiger partial charge in [-0.2, -0.15) is 0 Å². The standard InChI is InChI=1S/C16H22Br2N2O/c1-12-3-7-20(8-4-12)6-2-5-19-16(21)13-9-14(17)11-15(18)10-13/h9-12H,2-8H2,1H3,(H,19,21). The van der Waals surface area contributed by atoms with E-state index < -0.39 is 0 Å². The second-order valence-electron chi connectivity index (χ2n) is 5.79. The van der Waals surface area contributed by atoms with Gasteiger partial charge in [0, 0.05) is 21.1 Å². The Morgan fingerprint density at radius 3 is 2.48 bits per heavy atom. The normalized spacial score (nSPS) is 16.9. The van der Waals surface area contributed by atoms with Gasteiger partial charge in [-0.15, -0.1) is 0 Å². The molecular weight excluding hydrogens is 396 g/mol. The molecule has 1 N–H and O–H groups in total. The van der Waals surface area contributed by atoms with Crippen molar-refractivity contribution in [3.63, 3.8) is 0 Å². The highest BCUT2D eigenvalue weighted by atomic mass is 79.9. The molecule has 1 amide bonds. The minimum atomic E-state index is -0.00994. The Bertz CT molecular complexity index is 465. The van der Waals surface area contributed by atoms with Crippen LogP contribution in [-0.2, 0) is 0 Å². The molecule has 0 aliphatic carbocycles. The number of benzene rings is 1. The Kier molecular flexibility index (Phi) is 6.71. The van der Waals surface area contributed by atoms with E-state index >= 15 is 0 Å². The molecule has 0 unspecified atom stereocenters. The molecule has 5 heteroatoms. The third kappa shape index (κ3) is 5.72. The van der Waals surface area contributed by atoms with Gasteiger partial charge < -0.3 is 10.2 Å². The number of hydrogen-bond acceptors (Lipinski definition) is 2. The van der Waals surface area contributed by atoms with E-state index in [1.54, 1.807) is 0 Å². The van der Waals surface area contributed by atoms with Gasteiger partial charge in [0.2, 0.25) is 0 Å². The molecule has 1 heterocycles. The number of carbonyl (C=O) groups excluding carboxylic acids is 1. The molecule has 1 saturated heterocycles. The maximum Gasteiger partial charge on any atom is 0.251 e. The molecule has 0 aromatic heterocycles. The van der Waals surface area contributed by atoms with Crippen LogP contribution < -0.4 is 5.32 Å². The first kappa shape index (κ1) is 17.0. The van der Waals surface area contributed by atoms with Crippen molar-refractivity contribution in [3.05, 3.63) is 32.7 Å². The second-order valence-corrected chi connectivity index (χ2v) is 7.62. The van der Waals surface area contributed by atoms with Gasteiger partial charge in [-0.3, -0.25) is 4.79 Å². The fraction of sp³-hybridized carbons (Fsp3) is 0.562. The van der Waals surface area contributed by atoms with Crippen molar-refractivity contribution in [2.24, 2.45) is 5.92 Å². The zero-order valence-electron chi connectivity index (χ0n) is 12.4. The summed E-state index contributed by atoms with van der Waals surface area (Å²) < 4.78 is 1.81. The summed E-state index contributed by atoms with van der Waals surface area (Å²) in [5.41, 5.74) is 0.683. The first-order chi connectivity index (χ1) is 10.0. The zero-order chi connectivity index (χ0) is 15.2. The first-order valence-electron chi connectivity index (χ1n) is 7.51. The summed E-state index contributed by atoms with van der Waals surface area (Å²) in [5, 5.41) is 2.99. The van der Waals surface area contributed by atoms with Gasteiger partial charge >= 0.3 is 0 Å². The number of halogens is 2. The van der Waals surface area contributed by atoms with E-state index in [2.05, 4.69) is 49.0 Å². The van der Waals surface area contributed by atoms with Crippen molar-refractivity contribution >= 4 is 37.8 Å². The smallest absolute Gasteiger partial charge is 0.251 e. The van der Waals surface area contributed by atoms with E-state index in [4.69, 9.17) is 0 Å². The lowest BCUT2D eigenvalue weighted by molar-refractivity contribution is 0.0950. The van der Waals surface area contributed by atoms with Crippen LogP contribution in [0.25, 0.3) is 0 Å². The fourth-order valence-electron chi connectivity index (χ4n) is 2.58. The molecule has 0 radical (unpaired) electrons. The van der Waals surface area contributed by atoms with Crippen LogP contribution in [0.2, 0.25) is 0 Å². The summed E-state index contributed by atoms with van der Waals surface area (Å²) >= 11 is 6.81. The number of hydrogen-bond donors (Lipinski definition) is 1. The lowest BCUT2D eigenvalue weighted by atomic mass is 9.99. The highest BCUT2D eigenvalue weighted by molar-refractivity contribution is 9.11.